The van der Waals surface area contributed by atoms with Crippen molar-refractivity contribution in [2.45, 2.75) is 12.8 Å². The van der Waals surface area contributed by atoms with Gasteiger partial charge in [0.2, 0.25) is 0 Å². The van der Waals surface area contributed by atoms with E-state index in [9.17, 15) is 14.4 Å². The Hall–Kier alpha value is -2.41. The predicted octanol–water partition coefficient (Wildman–Crippen LogP) is 3.31. The second kappa shape index (κ2) is 11.3. The fraction of sp³-hybridized carbons (Fsp3) is 0.350. The van der Waals surface area contributed by atoms with Crippen LogP contribution in [0.2, 0.25) is 0 Å². The van der Waals surface area contributed by atoms with Crippen LogP contribution >= 0.6 is 15.9 Å². The Bertz CT molecular complexity index is 692. The lowest BCUT2D eigenvalue weighted by Crippen LogP contribution is -2.42. The Labute approximate surface area is 167 Å². The number of esters is 3. The van der Waals surface area contributed by atoms with E-state index < -0.39 is 23.3 Å². The number of carbonyl (C=O) groups excluding carboxylic acids is 3. The van der Waals surface area contributed by atoms with Gasteiger partial charge in [0.25, 0.3) is 0 Å². The van der Waals surface area contributed by atoms with E-state index in [0.717, 1.165) is 5.56 Å². The lowest BCUT2D eigenvalue weighted by Gasteiger charge is -2.27. The Morgan fingerprint density at radius 2 is 1.56 bits per heavy atom. The molecule has 146 valence electrons. The molecule has 7 heteroatoms. The summed E-state index contributed by atoms with van der Waals surface area (Å²) in [6.45, 7) is 0. The van der Waals surface area contributed by atoms with Gasteiger partial charge in [0.05, 0.1) is 21.3 Å². The molecule has 0 aromatic heterocycles. The van der Waals surface area contributed by atoms with Crippen molar-refractivity contribution in [3.8, 4) is 0 Å². The van der Waals surface area contributed by atoms with E-state index in [1.54, 1.807) is 30.4 Å². The maximum absolute atomic E-state index is 12.6. The number of rotatable bonds is 9. The molecule has 0 amide bonds. The van der Waals surface area contributed by atoms with Crippen molar-refractivity contribution >= 4 is 39.9 Å². The Balaban J connectivity index is 3.45. The SMILES string of the molecule is COC(=O)/C(=C/c1ccccc1)CC(C/C=C/CBr)(C(=O)OC)C(=O)OC. The molecule has 0 aliphatic heterocycles. The molecule has 0 saturated heterocycles. The van der Waals surface area contributed by atoms with E-state index in [1.165, 1.54) is 21.3 Å². The van der Waals surface area contributed by atoms with Crippen molar-refractivity contribution < 1.29 is 28.6 Å². The highest BCUT2D eigenvalue weighted by atomic mass is 79.9. The summed E-state index contributed by atoms with van der Waals surface area (Å²) in [6, 6.07) is 9.06. The largest absolute Gasteiger partial charge is 0.468 e. The minimum Gasteiger partial charge on any atom is -0.468 e. The van der Waals surface area contributed by atoms with Crippen molar-refractivity contribution in [1.82, 2.24) is 0 Å². The van der Waals surface area contributed by atoms with Gasteiger partial charge < -0.3 is 14.2 Å². The summed E-state index contributed by atoms with van der Waals surface area (Å²) >= 11 is 3.25. The lowest BCUT2D eigenvalue weighted by molar-refractivity contribution is -0.169. The summed E-state index contributed by atoms with van der Waals surface area (Å²) < 4.78 is 14.6. The van der Waals surface area contributed by atoms with Crippen molar-refractivity contribution in [3.63, 3.8) is 0 Å². The molecule has 0 unspecified atom stereocenters. The van der Waals surface area contributed by atoms with Gasteiger partial charge in [-0.2, -0.15) is 0 Å². The molecular weight excluding hydrogens is 416 g/mol. The van der Waals surface area contributed by atoms with E-state index in [-0.39, 0.29) is 18.4 Å². The molecule has 0 aliphatic rings. The molecule has 1 rings (SSSR count). The number of alkyl halides is 1. The molecule has 1 aromatic rings. The van der Waals surface area contributed by atoms with Crippen molar-refractivity contribution in [2.75, 3.05) is 26.7 Å². The summed E-state index contributed by atoms with van der Waals surface area (Å²) in [5.74, 6) is -2.20. The van der Waals surface area contributed by atoms with E-state index in [1.807, 2.05) is 18.2 Å². The molecule has 6 nitrogen and oxygen atoms in total. The summed E-state index contributed by atoms with van der Waals surface area (Å²) in [4.78, 5) is 37.5. The van der Waals surface area contributed by atoms with Gasteiger partial charge in [-0.25, -0.2) is 4.79 Å². The van der Waals surface area contributed by atoms with Crippen LogP contribution in [0.5, 0.6) is 0 Å². The number of carbonyl (C=O) groups is 3. The second-order valence-electron chi connectivity index (χ2n) is 5.64. The average molecular weight is 439 g/mol. The quantitative estimate of drug-likeness (QED) is 0.147. The van der Waals surface area contributed by atoms with E-state index in [4.69, 9.17) is 14.2 Å². The summed E-state index contributed by atoms with van der Waals surface area (Å²) in [5.41, 5.74) is -0.805. The third-order valence-corrected chi connectivity index (χ3v) is 4.33. The number of allylic oxidation sites excluding steroid dienone is 2. The first-order chi connectivity index (χ1) is 12.9. The van der Waals surface area contributed by atoms with Gasteiger partial charge in [0, 0.05) is 17.3 Å². The molecule has 0 saturated carbocycles. The molecule has 0 atom stereocenters. The maximum atomic E-state index is 12.6. The number of ether oxygens (including phenoxy) is 3. The zero-order chi connectivity index (χ0) is 20.3. The van der Waals surface area contributed by atoms with Gasteiger partial charge in [-0.05, 0) is 18.1 Å². The molecule has 0 radical (unpaired) electrons. The number of methoxy groups -OCH3 is 3. The number of hydrogen-bond acceptors (Lipinski definition) is 6. The molecule has 0 heterocycles. The normalized spacial score (nSPS) is 11.9. The van der Waals surface area contributed by atoms with Gasteiger partial charge in [0.15, 0.2) is 5.41 Å². The van der Waals surface area contributed by atoms with Crippen molar-refractivity contribution in [1.29, 1.82) is 0 Å². The Kier molecular flexibility index (Phi) is 9.50. The zero-order valence-corrected chi connectivity index (χ0v) is 17.2. The first-order valence-corrected chi connectivity index (χ1v) is 9.29. The minimum atomic E-state index is -1.70. The molecule has 1 aromatic carbocycles. The molecule has 27 heavy (non-hydrogen) atoms. The summed E-state index contributed by atoms with van der Waals surface area (Å²) in [5, 5.41) is 0.551. The molecule has 0 fully saturated rings. The van der Waals surface area contributed by atoms with Gasteiger partial charge in [0.1, 0.15) is 0 Å². The lowest BCUT2D eigenvalue weighted by atomic mass is 9.77. The van der Waals surface area contributed by atoms with Crippen LogP contribution in [0.15, 0.2) is 48.1 Å². The zero-order valence-electron chi connectivity index (χ0n) is 15.6. The third-order valence-electron chi connectivity index (χ3n) is 3.95. The highest BCUT2D eigenvalue weighted by Crippen LogP contribution is 2.35. The summed E-state index contributed by atoms with van der Waals surface area (Å²) in [6.07, 6.45) is 4.79. The first-order valence-electron chi connectivity index (χ1n) is 8.17. The maximum Gasteiger partial charge on any atom is 0.333 e. The van der Waals surface area contributed by atoms with Crippen LogP contribution in [0.1, 0.15) is 18.4 Å². The van der Waals surface area contributed by atoms with Crippen LogP contribution in [-0.4, -0.2) is 44.6 Å². The highest BCUT2D eigenvalue weighted by Gasteiger charge is 2.49. The van der Waals surface area contributed by atoms with Crippen molar-refractivity contribution in [3.05, 3.63) is 53.6 Å². The van der Waals surface area contributed by atoms with Crippen LogP contribution in [0, 0.1) is 5.41 Å². The Morgan fingerprint density at radius 1 is 0.963 bits per heavy atom. The van der Waals surface area contributed by atoms with Crippen LogP contribution in [-0.2, 0) is 28.6 Å². The molecule has 0 aliphatic carbocycles. The minimum absolute atomic E-state index is 0.0150. The first kappa shape index (κ1) is 22.6. The fourth-order valence-corrected chi connectivity index (χ4v) is 2.86. The number of benzene rings is 1. The predicted molar refractivity (Wildman–Crippen MR) is 105 cm³/mol. The van der Waals surface area contributed by atoms with E-state index >= 15 is 0 Å². The standard InChI is InChI=1S/C20H23BrO6/c1-25-17(22)16(13-15-9-5-4-6-10-15)14-20(18(23)26-2,19(24)27-3)11-7-8-12-21/h4-10,13H,11-12,14H2,1-3H3/b8-7+,16-13+. The van der Waals surface area contributed by atoms with Crippen molar-refractivity contribution in [2.24, 2.45) is 5.41 Å². The molecule has 0 bridgehead atoms. The van der Waals surface area contributed by atoms with Crippen LogP contribution < -0.4 is 0 Å². The van der Waals surface area contributed by atoms with Gasteiger partial charge >= 0.3 is 17.9 Å². The van der Waals surface area contributed by atoms with Crippen LogP contribution in [0.4, 0.5) is 0 Å². The van der Waals surface area contributed by atoms with Gasteiger partial charge in [-0.15, -0.1) is 0 Å². The smallest absolute Gasteiger partial charge is 0.333 e. The molecule has 0 spiro atoms. The second-order valence-corrected chi connectivity index (χ2v) is 6.29. The topological polar surface area (TPSA) is 78.9 Å². The van der Waals surface area contributed by atoms with Gasteiger partial charge in [-0.3, -0.25) is 9.59 Å². The monoisotopic (exact) mass is 438 g/mol. The average Bonchev–Trinajstić information content (AvgIpc) is 2.71. The van der Waals surface area contributed by atoms with E-state index in [0.29, 0.717) is 5.33 Å². The molecule has 0 N–H and O–H groups in total. The Morgan fingerprint density at radius 3 is 2.04 bits per heavy atom. The fourth-order valence-electron chi connectivity index (χ4n) is 2.59. The highest BCUT2D eigenvalue weighted by molar-refractivity contribution is 9.09. The van der Waals surface area contributed by atoms with Crippen LogP contribution in [0.3, 0.4) is 0 Å². The third kappa shape index (κ3) is 6.06. The van der Waals surface area contributed by atoms with Crippen LogP contribution in [0.25, 0.3) is 6.08 Å². The number of hydrogen-bond donors (Lipinski definition) is 0. The summed E-state index contributed by atoms with van der Waals surface area (Å²) in [7, 11) is 3.61. The van der Waals surface area contributed by atoms with E-state index in [2.05, 4.69) is 15.9 Å². The molecular formula is C20H23BrO6. The number of halogens is 1. The van der Waals surface area contributed by atoms with Gasteiger partial charge in [-0.1, -0.05) is 58.4 Å².